The van der Waals surface area contributed by atoms with Crippen molar-refractivity contribution in [3.8, 4) is 6.07 Å². The first-order chi connectivity index (χ1) is 7.15. The first-order valence-corrected chi connectivity index (χ1v) is 4.31. The molecule has 1 heterocycles. The number of hydrogen-bond acceptors (Lipinski definition) is 4. The molecule has 1 amide bonds. The van der Waals surface area contributed by atoms with Crippen molar-refractivity contribution in [1.82, 2.24) is 4.98 Å². The largest absolute Gasteiger partial charge is 0.364 e. The molecule has 76 valence electrons. The van der Waals surface area contributed by atoms with E-state index in [-0.39, 0.29) is 24.3 Å². The minimum absolute atomic E-state index is 0.117. The molecule has 0 saturated heterocycles. The van der Waals surface area contributed by atoms with Crippen LogP contribution in [0.5, 0.6) is 0 Å². The summed E-state index contributed by atoms with van der Waals surface area (Å²) < 4.78 is 0. The van der Waals surface area contributed by atoms with Gasteiger partial charge in [-0.1, -0.05) is 0 Å². The normalized spacial score (nSPS) is 9.27. The molecule has 0 fully saturated rings. The van der Waals surface area contributed by atoms with Crippen LogP contribution in [0.3, 0.4) is 0 Å². The Morgan fingerprint density at radius 3 is 2.67 bits per heavy atom. The number of Topliss-reactive ketones (excluding diaryl/α,β-unsaturated/α-hetero) is 1. The molecule has 0 atom stereocenters. The van der Waals surface area contributed by atoms with E-state index < -0.39 is 5.91 Å². The number of primary amides is 1. The second kappa shape index (κ2) is 4.86. The smallest absolute Gasteiger partial charge is 0.267 e. The van der Waals surface area contributed by atoms with E-state index in [0.29, 0.717) is 5.56 Å². The standard InChI is InChI=1S/C10H9N3O2/c11-5-1-2-9(14)7-3-4-8(10(12)15)13-6-7/h3-4,6H,1-2H2,(H2,12,15). The van der Waals surface area contributed by atoms with E-state index in [1.165, 1.54) is 18.3 Å². The Morgan fingerprint density at radius 2 is 2.20 bits per heavy atom. The van der Waals surface area contributed by atoms with Crippen LogP contribution in [0.2, 0.25) is 0 Å². The Morgan fingerprint density at radius 1 is 1.47 bits per heavy atom. The lowest BCUT2D eigenvalue weighted by Crippen LogP contribution is -2.13. The highest BCUT2D eigenvalue weighted by molar-refractivity contribution is 5.97. The Kier molecular flexibility index (Phi) is 3.52. The minimum Gasteiger partial charge on any atom is -0.364 e. The monoisotopic (exact) mass is 203 g/mol. The van der Waals surface area contributed by atoms with Crippen molar-refractivity contribution in [3.63, 3.8) is 0 Å². The van der Waals surface area contributed by atoms with Crippen molar-refractivity contribution in [2.45, 2.75) is 12.8 Å². The molecule has 0 aliphatic heterocycles. The van der Waals surface area contributed by atoms with E-state index in [2.05, 4.69) is 4.98 Å². The SMILES string of the molecule is N#CCCC(=O)c1ccc(C(N)=O)nc1. The summed E-state index contributed by atoms with van der Waals surface area (Å²) in [6.45, 7) is 0. The van der Waals surface area contributed by atoms with E-state index in [9.17, 15) is 9.59 Å². The average molecular weight is 203 g/mol. The lowest BCUT2D eigenvalue weighted by Gasteiger charge is -1.98. The molecule has 5 heteroatoms. The number of carbonyl (C=O) groups excluding carboxylic acids is 2. The molecule has 0 unspecified atom stereocenters. The molecule has 1 rings (SSSR count). The van der Waals surface area contributed by atoms with Gasteiger partial charge in [0.1, 0.15) is 5.69 Å². The maximum absolute atomic E-state index is 11.4. The van der Waals surface area contributed by atoms with Gasteiger partial charge in [-0.05, 0) is 12.1 Å². The number of hydrogen-bond donors (Lipinski definition) is 1. The van der Waals surface area contributed by atoms with Crippen molar-refractivity contribution in [2.24, 2.45) is 5.73 Å². The van der Waals surface area contributed by atoms with Crippen LogP contribution < -0.4 is 5.73 Å². The quantitative estimate of drug-likeness (QED) is 0.727. The number of ketones is 1. The van der Waals surface area contributed by atoms with E-state index in [4.69, 9.17) is 11.0 Å². The van der Waals surface area contributed by atoms with Crippen LogP contribution in [0.4, 0.5) is 0 Å². The second-order valence-corrected chi connectivity index (χ2v) is 2.88. The van der Waals surface area contributed by atoms with E-state index >= 15 is 0 Å². The molecule has 0 spiro atoms. The summed E-state index contributed by atoms with van der Waals surface area (Å²) in [5.41, 5.74) is 5.49. The maximum Gasteiger partial charge on any atom is 0.267 e. The molecule has 0 bridgehead atoms. The number of aromatic nitrogens is 1. The van der Waals surface area contributed by atoms with E-state index in [0.717, 1.165) is 0 Å². The Balaban J connectivity index is 2.76. The summed E-state index contributed by atoms with van der Waals surface area (Å²) in [5.74, 6) is -0.800. The molecule has 5 nitrogen and oxygen atoms in total. The molecule has 0 radical (unpaired) electrons. The summed E-state index contributed by atoms with van der Waals surface area (Å²) >= 11 is 0. The van der Waals surface area contributed by atoms with Crippen molar-refractivity contribution in [3.05, 3.63) is 29.6 Å². The fraction of sp³-hybridized carbons (Fsp3) is 0.200. The van der Waals surface area contributed by atoms with Crippen LogP contribution in [-0.4, -0.2) is 16.7 Å². The molecule has 2 N–H and O–H groups in total. The van der Waals surface area contributed by atoms with Crippen LogP contribution in [0.1, 0.15) is 33.7 Å². The van der Waals surface area contributed by atoms with Crippen LogP contribution in [0.25, 0.3) is 0 Å². The van der Waals surface area contributed by atoms with Gasteiger partial charge in [0.25, 0.3) is 5.91 Å². The summed E-state index contributed by atoms with van der Waals surface area (Å²) in [5, 5.41) is 8.30. The Bertz CT molecular complexity index is 417. The third kappa shape index (κ3) is 2.88. The van der Waals surface area contributed by atoms with E-state index in [1.54, 1.807) is 0 Å². The molecular weight excluding hydrogens is 194 g/mol. The van der Waals surface area contributed by atoms with Gasteiger partial charge < -0.3 is 5.73 Å². The lowest BCUT2D eigenvalue weighted by molar-refractivity contribution is 0.0975. The maximum atomic E-state index is 11.4. The van der Waals surface area contributed by atoms with Crippen molar-refractivity contribution >= 4 is 11.7 Å². The van der Waals surface area contributed by atoms with Crippen LogP contribution in [0, 0.1) is 11.3 Å². The molecular formula is C10H9N3O2. The van der Waals surface area contributed by atoms with E-state index in [1.807, 2.05) is 6.07 Å². The molecule has 15 heavy (non-hydrogen) atoms. The lowest BCUT2D eigenvalue weighted by atomic mass is 10.1. The fourth-order valence-electron chi connectivity index (χ4n) is 1.02. The predicted octanol–water partition coefficient (Wildman–Crippen LogP) is 0.667. The third-order valence-electron chi connectivity index (χ3n) is 1.80. The van der Waals surface area contributed by atoms with Gasteiger partial charge in [-0.2, -0.15) is 5.26 Å². The summed E-state index contributed by atoms with van der Waals surface area (Å²) in [6, 6.07) is 4.75. The van der Waals surface area contributed by atoms with Crippen molar-refractivity contribution in [2.75, 3.05) is 0 Å². The number of nitriles is 1. The van der Waals surface area contributed by atoms with Crippen LogP contribution >= 0.6 is 0 Å². The Hall–Kier alpha value is -2.22. The topological polar surface area (TPSA) is 96.8 Å². The first kappa shape index (κ1) is 10.9. The Labute approximate surface area is 86.5 Å². The first-order valence-electron chi connectivity index (χ1n) is 4.31. The van der Waals surface area contributed by atoms with Crippen LogP contribution in [-0.2, 0) is 0 Å². The van der Waals surface area contributed by atoms with Crippen molar-refractivity contribution < 1.29 is 9.59 Å². The second-order valence-electron chi connectivity index (χ2n) is 2.88. The molecule has 0 aliphatic carbocycles. The molecule has 1 aromatic heterocycles. The zero-order chi connectivity index (χ0) is 11.3. The van der Waals surface area contributed by atoms with Gasteiger partial charge in [0, 0.05) is 24.6 Å². The highest BCUT2D eigenvalue weighted by atomic mass is 16.1. The zero-order valence-corrected chi connectivity index (χ0v) is 7.93. The van der Waals surface area contributed by atoms with Gasteiger partial charge in [0.05, 0.1) is 6.07 Å². The van der Waals surface area contributed by atoms with Crippen LogP contribution in [0.15, 0.2) is 18.3 Å². The summed E-state index contributed by atoms with van der Waals surface area (Å²) in [4.78, 5) is 25.8. The number of carbonyl (C=O) groups is 2. The fourth-order valence-corrected chi connectivity index (χ4v) is 1.02. The summed E-state index contributed by atoms with van der Waals surface area (Å²) in [7, 11) is 0. The number of pyridine rings is 1. The highest BCUT2D eigenvalue weighted by Crippen LogP contribution is 2.04. The number of nitrogens with zero attached hydrogens (tertiary/aromatic N) is 2. The highest BCUT2D eigenvalue weighted by Gasteiger charge is 2.07. The molecule has 0 aliphatic rings. The molecule has 0 saturated carbocycles. The van der Waals surface area contributed by atoms with Gasteiger partial charge in [-0.15, -0.1) is 0 Å². The number of nitrogens with two attached hydrogens (primary N) is 1. The summed E-state index contributed by atoms with van der Waals surface area (Å²) in [6.07, 6.45) is 1.63. The van der Waals surface area contributed by atoms with Crippen molar-refractivity contribution in [1.29, 1.82) is 5.26 Å². The van der Waals surface area contributed by atoms with Gasteiger partial charge >= 0.3 is 0 Å². The predicted molar refractivity (Wildman–Crippen MR) is 51.9 cm³/mol. The zero-order valence-electron chi connectivity index (χ0n) is 7.93. The number of rotatable bonds is 4. The third-order valence-corrected chi connectivity index (χ3v) is 1.80. The van der Waals surface area contributed by atoms with Gasteiger partial charge in [-0.25, -0.2) is 0 Å². The molecule has 1 aromatic rings. The van der Waals surface area contributed by atoms with Gasteiger partial charge in [0.15, 0.2) is 5.78 Å². The average Bonchev–Trinajstić information content (AvgIpc) is 2.26. The number of amides is 1. The van der Waals surface area contributed by atoms with Gasteiger partial charge in [0.2, 0.25) is 0 Å². The molecule has 0 aromatic carbocycles. The van der Waals surface area contributed by atoms with Gasteiger partial charge in [-0.3, -0.25) is 14.6 Å². The minimum atomic E-state index is -0.633.